The second-order valence-corrected chi connectivity index (χ2v) is 7.03. The number of amides is 2. The number of hydrogen-bond donors (Lipinski definition) is 3. The molecule has 0 bridgehead atoms. The average molecular weight is 390 g/mol. The number of H-pyrrole nitrogens is 1. The summed E-state index contributed by atoms with van der Waals surface area (Å²) in [5.41, 5.74) is 1.06. The van der Waals surface area contributed by atoms with Gasteiger partial charge in [-0.05, 0) is 24.3 Å². The Hall–Kier alpha value is -3.11. The standard InChI is InChI=1S/C17H18N4O5S/c1-25-10-9-18-17(22)21-16-19-14-8-7-12(11-15(14)20-16)26-27(23,24)13-5-3-2-4-6-13/h2-8,11H,9-10H2,1H3,(H3,18,19,20,21,22). The molecule has 0 radical (unpaired) electrons. The van der Waals surface area contributed by atoms with Crippen LogP contribution in [-0.2, 0) is 14.9 Å². The normalized spacial score (nSPS) is 11.3. The van der Waals surface area contributed by atoms with Gasteiger partial charge < -0.3 is 19.2 Å². The number of urea groups is 1. The maximum atomic E-state index is 12.3. The molecular formula is C17H18N4O5S. The SMILES string of the molecule is COCCNC(=O)Nc1nc2ccc(OS(=O)(=O)c3ccccc3)cc2[nH]1. The van der Waals surface area contributed by atoms with Gasteiger partial charge in [-0.15, -0.1) is 0 Å². The highest BCUT2D eigenvalue weighted by Crippen LogP contribution is 2.23. The van der Waals surface area contributed by atoms with Crippen molar-refractivity contribution in [2.45, 2.75) is 4.90 Å². The Morgan fingerprint density at radius 3 is 2.70 bits per heavy atom. The maximum absolute atomic E-state index is 12.3. The van der Waals surface area contributed by atoms with E-state index >= 15 is 0 Å². The van der Waals surface area contributed by atoms with Crippen molar-refractivity contribution in [1.82, 2.24) is 15.3 Å². The third-order valence-electron chi connectivity index (χ3n) is 3.51. The van der Waals surface area contributed by atoms with Gasteiger partial charge in [0.05, 0.1) is 17.6 Å². The molecule has 3 rings (SSSR count). The molecule has 10 heteroatoms. The summed E-state index contributed by atoms with van der Waals surface area (Å²) >= 11 is 0. The van der Waals surface area contributed by atoms with Crippen LogP contribution in [0.4, 0.5) is 10.7 Å². The molecule has 142 valence electrons. The zero-order chi connectivity index (χ0) is 19.3. The minimum atomic E-state index is -3.93. The minimum absolute atomic E-state index is 0.0600. The number of fused-ring (bicyclic) bond motifs is 1. The van der Waals surface area contributed by atoms with Gasteiger partial charge in [-0.25, -0.2) is 9.78 Å². The van der Waals surface area contributed by atoms with Crippen LogP contribution in [0, 0.1) is 0 Å². The van der Waals surface area contributed by atoms with Gasteiger partial charge in [0.1, 0.15) is 10.6 Å². The first-order chi connectivity index (χ1) is 13.0. The Morgan fingerprint density at radius 2 is 1.96 bits per heavy atom. The quantitative estimate of drug-likeness (QED) is 0.419. The molecule has 9 nitrogen and oxygen atoms in total. The van der Waals surface area contributed by atoms with E-state index in [9.17, 15) is 13.2 Å². The molecule has 2 aromatic carbocycles. The molecule has 3 N–H and O–H groups in total. The number of methoxy groups -OCH3 is 1. The lowest BCUT2D eigenvalue weighted by molar-refractivity contribution is 0.198. The Kier molecular flexibility index (Phi) is 5.57. The lowest BCUT2D eigenvalue weighted by Crippen LogP contribution is -2.31. The molecule has 0 unspecified atom stereocenters. The Bertz CT molecular complexity index is 1030. The largest absolute Gasteiger partial charge is 0.383 e. The van der Waals surface area contributed by atoms with Gasteiger partial charge in [0.15, 0.2) is 0 Å². The van der Waals surface area contributed by atoms with Crippen molar-refractivity contribution in [2.24, 2.45) is 0 Å². The van der Waals surface area contributed by atoms with Crippen LogP contribution in [0.5, 0.6) is 5.75 Å². The number of ether oxygens (including phenoxy) is 1. The predicted octanol–water partition coefficient (Wildman–Crippen LogP) is 2.10. The number of carbonyl (C=O) groups is 1. The molecule has 3 aromatic rings. The van der Waals surface area contributed by atoms with Crippen LogP contribution >= 0.6 is 0 Å². The van der Waals surface area contributed by atoms with E-state index in [0.717, 1.165) is 0 Å². The number of aromatic nitrogens is 2. The number of anilines is 1. The van der Waals surface area contributed by atoms with Crippen LogP contribution in [-0.4, -0.2) is 44.7 Å². The molecule has 1 aromatic heterocycles. The van der Waals surface area contributed by atoms with Crippen LogP contribution in [0.3, 0.4) is 0 Å². The summed E-state index contributed by atoms with van der Waals surface area (Å²) in [6.45, 7) is 0.752. The van der Waals surface area contributed by atoms with Gasteiger partial charge in [0.25, 0.3) is 0 Å². The molecule has 2 amide bonds. The first-order valence-electron chi connectivity index (χ1n) is 8.01. The molecule has 0 aliphatic heterocycles. The van der Waals surface area contributed by atoms with Crippen LogP contribution in [0.25, 0.3) is 11.0 Å². The summed E-state index contributed by atoms with van der Waals surface area (Å²) < 4.78 is 34.6. The number of carbonyl (C=O) groups excluding carboxylic acids is 1. The number of hydrogen-bond acceptors (Lipinski definition) is 6. The third-order valence-corrected chi connectivity index (χ3v) is 4.78. The van der Waals surface area contributed by atoms with E-state index < -0.39 is 16.1 Å². The van der Waals surface area contributed by atoms with Crippen LogP contribution in [0.2, 0.25) is 0 Å². The van der Waals surface area contributed by atoms with E-state index in [1.54, 1.807) is 24.3 Å². The highest BCUT2D eigenvalue weighted by molar-refractivity contribution is 7.87. The van der Waals surface area contributed by atoms with Crippen molar-refractivity contribution in [3.8, 4) is 5.75 Å². The highest BCUT2D eigenvalue weighted by atomic mass is 32.2. The van der Waals surface area contributed by atoms with E-state index in [4.69, 9.17) is 8.92 Å². The van der Waals surface area contributed by atoms with E-state index in [0.29, 0.717) is 24.2 Å². The fourth-order valence-electron chi connectivity index (χ4n) is 2.28. The average Bonchev–Trinajstić information content (AvgIpc) is 3.03. The lowest BCUT2D eigenvalue weighted by Gasteiger charge is -2.06. The van der Waals surface area contributed by atoms with Gasteiger partial charge >= 0.3 is 16.1 Å². The van der Waals surface area contributed by atoms with E-state index in [-0.39, 0.29) is 16.6 Å². The number of imidazole rings is 1. The summed E-state index contributed by atoms with van der Waals surface area (Å²) in [6.07, 6.45) is 0. The number of rotatable bonds is 7. The van der Waals surface area contributed by atoms with Crippen molar-refractivity contribution < 1.29 is 22.1 Å². The number of nitrogens with one attached hydrogen (secondary N) is 3. The topological polar surface area (TPSA) is 122 Å². The van der Waals surface area contributed by atoms with E-state index in [1.165, 1.54) is 31.4 Å². The zero-order valence-corrected chi connectivity index (χ0v) is 15.2. The Morgan fingerprint density at radius 1 is 1.19 bits per heavy atom. The molecule has 0 atom stereocenters. The van der Waals surface area contributed by atoms with Crippen LogP contribution in [0.15, 0.2) is 53.4 Å². The number of aromatic amines is 1. The van der Waals surface area contributed by atoms with Gasteiger partial charge in [0.2, 0.25) is 5.95 Å². The van der Waals surface area contributed by atoms with Gasteiger partial charge in [-0.3, -0.25) is 5.32 Å². The fraction of sp³-hybridized carbons (Fsp3) is 0.176. The molecule has 0 saturated heterocycles. The maximum Gasteiger partial charge on any atom is 0.339 e. The molecular weight excluding hydrogens is 372 g/mol. The van der Waals surface area contributed by atoms with Crippen molar-refractivity contribution in [2.75, 3.05) is 25.6 Å². The van der Waals surface area contributed by atoms with Crippen molar-refractivity contribution >= 4 is 33.1 Å². The number of nitrogens with zero attached hydrogens (tertiary/aromatic N) is 1. The molecule has 0 aliphatic carbocycles. The van der Waals surface area contributed by atoms with Crippen molar-refractivity contribution in [3.63, 3.8) is 0 Å². The molecule has 1 heterocycles. The first-order valence-corrected chi connectivity index (χ1v) is 9.42. The third kappa shape index (κ3) is 4.74. The highest BCUT2D eigenvalue weighted by Gasteiger charge is 2.17. The summed E-state index contributed by atoms with van der Waals surface area (Å²) in [5.74, 6) is 0.356. The Balaban J connectivity index is 1.73. The van der Waals surface area contributed by atoms with Gasteiger partial charge in [0, 0.05) is 19.7 Å². The summed E-state index contributed by atoms with van der Waals surface area (Å²) in [4.78, 5) is 18.9. The predicted molar refractivity (Wildman–Crippen MR) is 99.2 cm³/mol. The second-order valence-electron chi connectivity index (χ2n) is 5.49. The zero-order valence-electron chi connectivity index (χ0n) is 14.4. The summed E-state index contributed by atoms with van der Waals surface area (Å²) in [6, 6.07) is 12.0. The minimum Gasteiger partial charge on any atom is -0.383 e. The number of benzene rings is 2. The van der Waals surface area contributed by atoms with Crippen LogP contribution in [0.1, 0.15) is 0 Å². The van der Waals surface area contributed by atoms with Gasteiger partial charge in [-0.2, -0.15) is 8.42 Å². The van der Waals surface area contributed by atoms with E-state index in [2.05, 4.69) is 20.6 Å². The van der Waals surface area contributed by atoms with E-state index in [1.807, 2.05) is 0 Å². The van der Waals surface area contributed by atoms with Crippen molar-refractivity contribution in [3.05, 3.63) is 48.5 Å². The lowest BCUT2D eigenvalue weighted by atomic mass is 10.3. The summed E-state index contributed by atoms with van der Waals surface area (Å²) in [7, 11) is -2.39. The van der Waals surface area contributed by atoms with Crippen molar-refractivity contribution in [1.29, 1.82) is 0 Å². The second kappa shape index (κ2) is 8.06. The molecule has 0 aliphatic rings. The molecule has 0 saturated carbocycles. The molecule has 0 fully saturated rings. The molecule has 27 heavy (non-hydrogen) atoms. The van der Waals surface area contributed by atoms with Crippen LogP contribution < -0.4 is 14.8 Å². The smallest absolute Gasteiger partial charge is 0.339 e. The monoisotopic (exact) mass is 390 g/mol. The molecule has 0 spiro atoms. The Labute approximate surface area is 155 Å². The van der Waals surface area contributed by atoms with Gasteiger partial charge in [-0.1, -0.05) is 18.2 Å². The first kappa shape index (κ1) is 18.7. The summed E-state index contributed by atoms with van der Waals surface area (Å²) in [5, 5.41) is 5.15. The fourth-order valence-corrected chi connectivity index (χ4v) is 3.22.